The van der Waals surface area contributed by atoms with Crippen LogP contribution < -0.4 is 5.32 Å². The molecular formula is C14H23N. The summed E-state index contributed by atoms with van der Waals surface area (Å²) in [5.74, 6) is 0. The Morgan fingerprint density at radius 1 is 1.13 bits per heavy atom. The molecule has 0 aliphatic heterocycles. The first kappa shape index (κ1) is 12.3. The lowest BCUT2D eigenvalue weighted by Gasteiger charge is -2.21. The summed E-state index contributed by atoms with van der Waals surface area (Å²) in [7, 11) is 0. The van der Waals surface area contributed by atoms with Crippen molar-refractivity contribution in [3.05, 3.63) is 34.9 Å². The molecule has 0 saturated heterocycles. The molecule has 0 spiro atoms. The molecule has 0 saturated carbocycles. The summed E-state index contributed by atoms with van der Waals surface area (Å²) in [5.41, 5.74) is 4.31. The van der Waals surface area contributed by atoms with Crippen LogP contribution in [0.5, 0.6) is 0 Å². The Kier molecular flexibility index (Phi) is 4.83. The minimum atomic E-state index is 0.520. The highest BCUT2D eigenvalue weighted by Gasteiger charge is 2.12. The zero-order chi connectivity index (χ0) is 11.3. The first-order valence-electron chi connectivity index (χ1n) is 6.00. The van der Waals surface area contributed by atoms with Gasteiger partial charge in [0.05, 0.1) is 0 Å². The molecule has 1 aromatic carbocycles. The molecule has 1 nitrogen and oxygen atoms in total. The monoisotopic (exact) mass is 205 g/mol. The Morgan fingerprint density at radius 3 is 2.20 bits per heavy atom. The van der Waals surface area contributed by atoms with E-state index in [4.69, 9.17) is 0 Å². The van der Waals surface area contributed by atoms with Gasteiger partial charge in [-0.25, -0.2) is 0 Å². The van der Waals surface area contributed by atoms with Crippen LogP contribution in [0.4, 0.5) is 0 Å². The molecule has 84 valence electrons. The van der Waals surface area contributed by atoms with Gasteiger partial charge < -0.3 is 5.32 Å². The van der Waals surface area contributed by atoms with Gasteiger partial charge in [-0.15, -0.1) is 0 Å². The van der Waals surface area contributed by atoms with Gasteiger partial charge in [-0.2, -0.15) is 0 Å². The summed E-state index contributed by atoms with van der Waals surface area (Å²) >= 11 is 0. The Hall–Kier alpha value is -0.820. The van der Waals surface area contributed by atoms with E-state index in [2.05, 4.69) is 51.2 Å². The third-order valence-electron chi connectivity index (χ3n) is 2.94. The van der Waals surface area contributed by atoms with Crippen molar-refractivity contribution in [1.29, 1.82) is 0 Å². The van der Waals surface area contributed by atoms with Crippen molar-refractivity contribution in [1.82, 2.24) is 5.32 Å². The Morgan fingerprint density at radius 2 is 1.73 bits per heavy atom. The van der Waals surface area contributed by atoms with Crippen molar-refractivity contribution >= 4 is 0 Å². The van der Waals surface area contributed by atoms with E-state index >= 15 is 0 Å². The van der Waals surface area contributed by atoms with E-state index in [-0.39, 0.29) is 0 Å². The summed E-state index contributed by atoms with van der Waals surface area (Å²) < 4.78 is 0. The Balaban J connectivity index is 2.90. The zero-order valence-corrected chi connectivity index (χ0v) is 10.4. The van der Waals surface area contributed by atoms with Gasteiger partial charge in [0, 0.05) is 6.04 Å². The van der Waals surface area contributed by atoms with Crippen molar-refractivity contribution in [2.24, 2.45) is 0 Å². The van der Waals surface area contributed by atoms with Gasteiger partial charge in [0.2, 0.25) is 0 Å². The SMILES string of the molecule is CCCNC(CC)c1c(C)cccc1C. The van der Waals surface area contributed by atoms with Gasteiger partial charge in [-0.1, -0.05) is 32.0 Å². The molecule has 1 N–H and O–H groups in total. The lowest BCUT2D eigenvalue weighted by atomic mass is 9.94. The molecule has 1 atom stereocenters. The second-order valence-electron chi connectivity index (χ2n) is 4.22. The Bertz CT molecular complexity index is 284. The maximum atomic E-state index is 3.62. The van der Waals surface area contributed by atoms with Crippen molar-refractivity contribution in [3.63, 3.8) is 0 Å². The number of hydrogen-bond donors (Lipinski definition) is 1. The number of aryl methyl sites for hydroxylation is 2. The van der Waals surface area contributed by atoms with Gasteiger partial charge in [0.15, 0.2) is 0 Å². The topological polar surface area (TPSA) is 12.0 Å². The molecule has 1 rings (SSSR count). The van der Waals surface area contributed by atoms with Crippen molar-refractivity contribution in [2.75, 3.05) is 6.54 Å². The second-order valence-corrected chi connectivity index (χ2v) is 4.22. The standard InChI is InChI=1S/C14H23N/c1-5-10-15-13(6-2)14-11(3)8-7-9-12(14)4/h7-9,13,15H,5-6,10H2,1-4H3. The van der Waals surface area contributed by atoms with E-state index in [1.54, 1.807) is 0 Å². The minimum Gasteiger partial charge on any atom is -0.310 e. The fraction of sp³-hybridized carbons (Fsp3) is 0.571. The number of hydrogen-bond acceptors (Lipinski definition) is 1. The highest BCUT2D eigenvalue weighted by molar-refractivity contribution is 5.36. The van der Waals surface area contributed by atoms with Gasteiger partial charge in [0.25, 0.3) is 0 Å². The molecule has 0 bridgehead atoms. The largest absolute Gasteiger partial charge is 0.310 e. The van der Waals surface area contributed by atoms with Gasteiger partial charge in [-0.3, -0.25) is 0 Å². The lowest BCUT2D eigenvalue weighted by molar-refractivity contribution is 0.514. The summed E-state index contributed by atoms with van der Waals surface area (Å²) in [6.07, 6.45) is 2.35. The van der Waals surface area contributed by atoms with Gasteiger partial charge in [0.1, 0.15) is 0 Å². The summed E-state index contributed by atoms with van der Waals surface area (Å²) in [6.45, 7) is 9.98. The molecule has 0 radical (unpaired) electrons. The first-order chi connectivity index (χ1) is 7.20. The van der Waals surface area contributed by atoms with Crippen LogP contribution in [-0.4, -0.2) is 6.54 Å². The van der Waals surface area contributed by atoms with Crippen LogP contribution >= 0.6 is 0 Å². The molecular weight excluding hydrogens is 182 g/mol. The molecule has 1 unspecified atom stereocenters. The predicted molar refractivity (Wildman–Crippen MR) is 67.2 cm³/mol. The summed E-state index contributed by atoms with van der Waals surface area (Å²) in [4.78, 5) is 0. The third kappa shape index (κ3) is 3.07. The molecule has 0 heterocycles. The Labute approximate surface area is 93.9 Å². The lowest BCUT2D eigenvalue weighted by Crippen LogP contribution is -2.23. The van der Waals surface area contributed by atoms with Crippen LogP contribution in [0.15, 0.2) is 18.2 Å². The summed E-state index contributed by atoms with van der Waals surface area (Å²) in [5, 5.41) is 3.62. The molecule has 1 heteroatoms. The van der Waals surface area contributed by atoms with E-state index in [0.717, 1.165) is 13.0 Å². The molecule has 0 aliphatic rings. The molecule has 0 fully saturated rings. The average Bonchev–Trinajstić information content (AvgIpc) is 2.22. The minimum absolute atomic E-state index is 0.520. The molecule has 1 aromatic rings. The van der Waals surface area contributed by atoms with Crippen molar-refractivity contribution in [3.8, 4) is 0 Å². The number of rotatable bonds is 5. The third-order valence-corrected chi connectivity index (χ3v) is 2.94. The molecule has 0 aliphatic carbocycles. The molecule has 0 amide bonds. The van der Waals surface area contributed by atoms with Crippen molar-refractivity contribution in [2.45, 2.75) is 46.6 Å². The number of nitrogens with one attached hydrogen (secondary N) is 1. The van der Waals surface area contributed by atoms with E-state index in [9.17, 15) is 0 Å². The predicted octanol–water partition coefficient (Wildman–Crippen LogP) is 3.75. The highest BCUT2D eigenvalue weighted by Crippen LogP contribution is 2.24. The number of benzene rings is 1. The maximum Gasteiger partial charge on any atom is 0.0322 e. The van der Waals surface area contributed by atoms with Crippen LogP contribution in [-0.2, 0) is 0 Å². The van der Waals surface area contributed by atoms with Crippen LogP contribution in [0.1, 0.15) is 49.4 Å². The van der Waals surface area contributed by atoms with Crippen molar-refractivity contribution < 1.29 is 0 Å². The normalized spacial score (nSPS) is 12.8. The van der Waals surface area contributed by atoms with E-state index in [1.165, 1.54) is 23.1 Å². The fourth-order valence-corrected chi connectivity index (χ4v) is 2.15. The quantitative estimate of drug-likeness (QED) is 0.772. The summed E-state index contributed by atoms with van der Waals surface area (Å²) in [6, 6.07) is 7.07. The smallest absolute Gasteiger partial charge is 0.0322 e. The molecule has 0 aromatic heterocycles. The first-order valence-corrected chi connectivity index (χ1v) is 6.00. The van der Waals surface area contributed by atoms with Crippen LogP contribution in [0, 0.1) is 13.8 Å². The van der Waals surface area contributed by atoms with Gasteiger partial charge >= 0.3 is 0 Å². The second kappa shape index (κ2) is 5.92. The zero-order valence-electron chi connectivity index (χ0n) is 10.4. The van der Waals surface area contributed by atoms with Crippen LogP contribution in [0.25, 0.3) is 0 Å². The van der Waals surface area contributed by atoms with Crippen LogP contribution in [0.2, 0.25) is 0 Å². The maximum absolute atomic E-state index is 3.62. The molecule has 15 heavy (non-hydrogen) atoms. The average molecular weight is 205 g/mol. The van der Waals surface area contributed by atoms with E-state index < -0.39 is 0 Å². The van der Waals surface area contributed by atoms with Crippen LogP contribution in [0.3, 0.4) is 0 Å². The fourth-order valence-electron chi connectivity index (χ4n) is 2.15. The van der Waals surface area contributed by atoms with Gasteiger partial charge in [-0.05, 0) is 49.9 Å². The highest BCUT2D eigenvalue weighted by atomic mass is 14.9. The van der Waals surface area contributed by atoms with E-state index in [1.807, 2.05) is 0 Å². The van der Waals surface area contributed by atoms with E-state index in [0.29, 0.717) is 6.04 Å².